The van der Waals surface area contributed by atoms with Crippen molar-refractivity contribution in [1.29, 1.82) is 0 Å². The van der Waals surface area contributed by atoms with Crippen molar-refractivity contribution < 1.29 is 4.74 Å². The fraction of sp³-hybridized carbons (Fsp3) is 0.667. The number of ether oxygens (including phenoxy) is 1. The van der Waals surface area contributed by atoms with Crippen molar-refractivity contribution >= 4 is 23.6 Å². The smallest absolute Gasteiger partial charge is 0.283 e. The Kier molecular flexibility index (Phi) is 1.53. The number of hydrogen-bond donors (Lipinski definition) is 0. The Hall–Kier alpha value is -0.440. The molecule has 0 aromatic carbocycles. The van der Waals surface area contributed by atoms with Crippen LogP contribution in [0.15, 0.2) is 4.99 Å². The highest BCUT2D eigenvalue weighted by Crippen LogP contribution is 2.15. The summed E-state index contributed by atoms with van der Waals surface area (Å²) in [5.41, 5.74) is 0.0578. The molecule has 1 heterocycles. The molecule has 0 bridgehead atoms. The Morgan fingerprint density at radius 2 is 2.44 bits per heavy atom. The average molecular weight is 143 g/mol. The first-order chi connectivity index (χ1) is 4.10. The minimum Gasteiger partial charge on any atom is -0.469 e. The maximum atomic E-state index is 5.03. The maximum Gasteiger partial charge on any atom is 0.283 e. The Balaban J connectivity index is 2.69. The molecule has 0 atom stereocenters. The van der Waals surface area contributed by atoms with Crippen LogP contribution < -0.4 is 0 Å². The molecule has 2 nitrogen and oxygen atoms in total. The Morgan fingerprint density at radius 1 is 1.78 bits per heavy atom. The van der Waals surface area contributed by atoms with Crippen LogP contribution in [0.3, 0.4) is 0 Å². The molecule has 0 N–H and O–H groups in total. The summed E-state index contributed by atoms with van der Waals surface area (Å²) in [6.07, 6.45) is 1.83. The van der Waals surface area contributed by atoms with Crippen molar-refractivity contribution in [3.63, 3.8) is 0 Å². The van der Waals surface area contributed by atoms with Gasteiger partial charge in [0.05, 0.1) is 0 Å². The molecule has 0 aromatic rings. The van der Waals surface area contributed by atoms with Gasteiger partial charge in [-0.25, -0.2) is 4.99 Å². The van der Waals surface area contributed by atoms with Crippen LogP contribution in [0.5, 0.6) is 0 Å². The van der Waals surface area contributed by atoms with Crippen LogP contribution in [0.4, 0.5) is 0 Å². The third kappa shape index (κ3) is 1.75. The summed E-state index contributed by atoms with van der Waals surface area (Å²) in [7, 11) is 0. The number of hydrogen-bond acceptors (Lipinski definition) is 2. The minimum atomic E-state index is 0.0578. The summed E-state index contributed by atoms with van der Waals surface area (Å²) >= 11 is 4.69. The van der Waals surface area contributed by atoms with Crippen LogP contribution in [0, 0.1) is 5.41 Å². The first-order valence-corrected chi connectivity index (χ1v) is 3.23. The number of aliphatic imine (C=N–C) groups is 1. The third-order valence-corrected chi connectivity index (χ3v) is 1.31. The lowest BCUT2D eigenvalue weighted by Crippen LogP contribution is -2.27. The molecule has 0 spiro atoms. The lowest BCUT2D eigenvalue weighted by Gasteiger charge is -2.22. The van der Waals surface area contributed by atoms with Gasteiger partial charge in [-0.2, -0.15) is 0 Å². The zero-order valence-corrected chi connectivity index (χ0v) is 6.36. The Bertz CT molecular complexity index is 162. The molecular formula is C6H9NOS. The maximum absolute atomic E-state index is 5.03. The monoisotopic (exact) mass is 143 g/mol. The van der Waals surface area contributed by atoms with Crippen LogP contribution in [-0.4, -0.2) is 18.0 Å². The standard InChI is InChI=1S/C6H9NOS/c1-6(2)3-7-5(9)8-4-6/h3H,4H2,1-2H3. The van der Waals surface area contributed by atoms with E-state index >= 15 is 0 Å². The fourth-order valence-electron chi connectivity index (χ4n) is 0.550. The third-order valence-electron chi connectivity index (χ3n) is 1.09. The van der Waals surface area contributed by atoms with Crippen molar-refractivity contribution in [2.45, 2.75) is 13.8 Å². The van der Waals surface area contributed by atoms with E-state index in [1.54, 1.807) is 0 Å². The lowest BCUT2D eigenvalue weighted by molar-refractivity contribution is 0.221. The van der Waals surface area contributed by atoms with E-state index in [1.807, 2.05) is 6.21 Å². The topological polar surface area (TPSA) is 21.6 Å². The van der Waals surface area contributed by atoms with Gasteiger partial charge in [0.15, 0.2) is 0 Å². The number of nitrogens with zero attached hydrogens (tertiary/aromatic N) is 1. The normalized spacial score (nSPS) is 23.6. The van der Waals surface area contributed by atoms with Gasteiger partial charge in [-0.1, -0.05) is 13.8 Å². The second-order valence-electron chi connectivity index (χ2n) is 2.80. The van der Waals surface area contributed by atoms with E-state index in [9.17, 15) is 0 Å². The van der Waals surface area contributed by atoms with Gasteiger partial charge < -0.3 is 4.74 Å². The molecule has 9 heavy (non-hydrogen) atoms. The van der Waals surface area contributed by atoms with Gasteiger partial charge in [-0.15, -0.1) is 0 Å². The summed E-state index contributed by atoms with van der Waals surface area (Å²) in [6.45, 7) is 4.76. The SMILES string of the molecule is CC1(C)C=NC(=S)OC1. The molecule has 50 valence electrons. The molecule has 1 aliphatic rings. The van der Waals surface area contributed by atoms with E-state index in [2.05, 4.69) is 31.1 Å². The zero-order valence-electron chi connectivity index (χ0n) is 5.55. The molecule has 1 rings (SSSR count). The zero-order chi connectivity index (χ0) is 6.91. The molecule has 0 aromatic heterocycles. The van der Waals surface area contributed by atoms with Gasteiger partial charge in [0.2, 0.25) is 0 Å². The Morgan fingerprint density at radius 3 is 2.78 bits per heavy atom. The van der Waals surface area contributed by atoms with Crippen LogP contribution in [-0.2, 0) is 4.74 Å². The highest BCUT2D eigenvalue weighted by molar-refractivity contribution is 7.80. The first-order valence-electron chi connectivity index (χ1n) is 2.82. The van der Waals surface area contributed by atoms with E-state index in [0.717, 1.165) is 0 Å². The van der Waals surface area contributed by atoms with Gasteiger partial charge in [0.25, 0.3) is 5.17 Å². The summed E-state index contributed by atoms with van der Waals surface area (Å²) in [5.74, 6) is 0. The molecule has 0 amide bonds. The molecule has 0 saturated carbocycles. The van der Waals surface area contributed by atoms with Gasteiger partial charge in [0, 0.05) is 11.6 Å². The molecule has 0 saturated heterocycles. The van der Waals surface area contributed by atoms with Crippen LogP contribution >= 0.6 is 12.2 Å². The van der Waals surface area contributed by atoms with Crippen LogP contribution in [0.1, 0.15) is 13.8 Å². The largest absolute Gasteiger partial charge is 0.469 e. The van der Waals surface area contributed by atoms with Crippen molar-refractivity contribution in [2.24, 2.45) is 10.4 Å². The van der Waals surface area contributed by atoms with Gasteiger partial charge in [-0.05, 0) is 12.2 Å². The predicted molar refractivity (Wildman–Crippen MR) is 40.8 cm³/mol. The fourth-order valence-corrected chi connectivity index (χ4v) is 0.661. The highest BCUT2D eigenvalue weighted by atomic mass is 32.1. The van der Waals surface area contributed by atoms with Gasteiger partial charge >= 0.3 is 0 Å². The molecule has 3 heteroatoms. The predicted octanol–water partition coefficient (Wildman–Crippen LogP) is 1.40. The quantitative estimate of drug-likeness (QED) is 0.478. The molecule has 0 aliphatic carbocycles. The molecule has 1 aliphatic heterocycles. The van der Waals surface area contributed by atoms with Gasteiger partial charge in [0.1, 0.15) is 6.61 Å². The van der Waals surface area contributed by atoms with Crippen molar-refractivity contribution in [3.8, 4) is 0 Å². The van der Waals surface area contributed by atoms with E-state index in [4.69, 9.17) is 4.74 Å². The number of thiocarbonyl (C=S) groups is 1. The summed E-state index contributed by atoms with van der Waals surface area (Å²) in [6, 6.07) is 0. The Labute approximate surface area is 59.9 Å². The minimum absolute atomic E-state index is 0.0578. The highest BCUT2D eigenvalue weighted by Gasteiger charge is 2.20. The first kappa shape index (κ1) is 6.68. The average Bonchev–Trinajstić information content (AvgIpc) is 1.78. The molecule has 0 fully saturated rings. The van der Waals surface area contributed by atoms with Crippen LogP contribution in [0.25, 0.3) is 0 Å². The van der Waals surface area contributed by atoms with E-state index in [0.29, 0.717) is 11.8 Å². The summed E-state index contributed by atoms with van der Waals surface area (Å²) < 4.78 is 5.03. The van der Waals surface area contributed by atoms with Crippen molar-refractivity contribution in [1.82, 2.24) is 0 Å². The second kappa shape index (κ2) is 2.06. The van der Waals surface area contributed by atoms with Crippen molar-refractivity contribution in [3.05, 3.63) is 0 Å². The molecule has 0 radical (unpaired) electrons. The molecular weight excluding hydrogens is 134 g/mol. The van der Waals surface area contributed by atoms with E-state index < -0.39 is 0 Å². The van der Waals surface area contributed by atoms with E-state index in [1.165, 1.54) is 0 Å². The molecule has 0 unspecified atom stereocenters. The second-order valence-corrected chi connectivity index (χ2v) is 3.15. The van der Waals surface area contributed by atoms with E-state index in [-0.39, 0.29) is 5.41 Å². The van der Waals surface area contributed by atoms with Crippen molar-refractivity contribution in [2.75, 3.05) is 6.61 Å². The summed E-state index contributed by atoms with van der Waals surface area (Å²) in [4.78, 5) is 3.87. The number of rotatable bonds is 0. The van der Waals surface area contributed by atoms with Gasteiger partial charge in [-0.3, -0.25) is 0 Å². The summed E-state index contributed by atoms with van der Waals surface area (Å²) in [5, 5.41) is 0.356. The lowest BCUT2D eigenvalue weighted by atomic mass is 9.96. The van der Waals surface area contributed by atoms with Crippen LogP contribution in [0.2, 0.25) is 0 Å².